The van der Waals surface area contributed by atoms with E-state index in [0.29, 0.717) is 22.5 Å². The minimum Gasteiger partial charge on any atom is -0.437 e. The number of rotatable bonds is 3. The van der Waals surface area contributed by atoms with Gasteiger partial charge < -0.3 is 4.74 Å². The summed E-state index contributed by atoms with van der Waals surface area (Å²) in [5.41, 5.74) is 0.774. The Bertz CT molecular complexity index is 807. The lowest BCUT2D eigenvalue weighted by molar-refractivity contribution is 0.465. The van der Waals surface area contributed by atoms with E-state index in [1.165, 1.54) is 0 Å². The van der Waals surface area contributed by atoms with Crippen LogP contribution in [0.25, 0.3) is 10.8 Å². The molecule has 0 aliphatic carbocycles. The van der Waals surface area contributed by atoms with E-state index in [-0.39, 0.29) is 0 Å². The van der Waals surface area contributed by atoms with Crippen LogP contribution in [0.3, 0.4) is 0 Å². The predicted molar refractivity (Wildman–Crippen MR) is 90.5 cm³/mol. The molecule has 0 N–H and O–H groups in total. The molecule has 0 atom stereocenters. The van der Waals surface area contributed by atoms with Crippen molar-refractivity contribution in [2.75, 3.05) is 0 Å². The Balaban J connectivity index is 2.10. The molecule has 2 aromatic carbocycles. The van der Waals surface area contributed by atoms with Gasteiger partial charge in [-0.2, -0.15) is 0 Å². The van der Waals surface area contributed by atoms with Gasteiger partial charge in [0, 0.05) is 10.4 Å². The quantitative estimate of drug-likeness (QED) is 0.504. The molecule has 0 aliphatic heterocycles. The number of aromatic nitrogens is 1. The van der Waals surface area contributed by atoms with Crippen molar-refractivity contribution in [1.29, 1.82) is 0 Å². The fourth-order valence-electron chi connectivity index (χ4n) is 2.03. The van der Waals surface area contributed by atoms with Crippen LogP contribution < -0.4 is 4.74 Å². The fraction of sp³-hybridized carbons (Fsp3) is 0.0625. The van der Waals surface area contributed by atoms with E-state index in [0.717, 1.165) is 20.9 Å². The van der Waals surface area contributed by atoms with Crippen LogP contribution in [0.15, 0.2) is 53.0 Å². The second kappa shape index (κ2) is 6.22. The number of ether oxygens (including phenoxy) is 1. The van der Waals surface area contributed by atoms with E-state index in [1.807, 2.05) is 30.3 Å². The lowest BCUT2D eigenvalue weighted by Gasteiger charge is -2.11. The zero-order valence-corrected chi connectivity index (χ0v) is 13.9. The fourth-order valence-corrected chi connectivity index (χ4v) is 2.93. The van der Waals surface area contributed by atoms with Crippen LogP contribution >= 0.6 is 39.1 Å². The van der Waals surface area contributed by atoms with Crippen LogP contribution in [0.1, 0.15) is 5.69 Å². The molecule has 0 saturated heterocycles. The van der Waals surface area contributed by atoms with E-state index >= 15 is 0 Å². The van der Waals surface area contributed by atoms with Gasteiger partial charge in [0.1, 0.15) is 5.75 Å². The van der Waals surface area contributed by atoms with Gasteiger partial charge in [-0.15, -0.1) is 11.6 Å². The molecule has 0 amide bonds. The Labute approximate surface area is 140 Å². The first-order valence-electron chi connectivity index (χ1n) is 6.25. The van der Waals surface area contributed by atoms with Crippen molar-refractivity contribution < 1.29 is 4.74 Å². The highest BCUT2D eigenvalue weighted by Crippen LogP contribution is 2.34. The van der Waals surface area contributed by atoms with Crippen molar-refractivity contribution in [3.63, 3.8) is 0 Å². The molecule has 21 heavy (non-hydrogen) atoms. The van der Waals surface area contributed by atoms with Gasteiger partial charge >= 0.3 is 0 Å². The van der Waals surface area contributed by atoms with Crippen LogP contribution in [0.5, 0.6) is 11.6 Å². The number of nitrogens with zero attached hydrogens (tertiary/aromatic N) is 1. The molecule has 0 saturated carbocycles. The summed E-state index contributed by atoms with van der Waals surface area (Å²) < 4.78 is 6.72. The van der Waals surface area contributed by atoms with Gasteiger partial charge in [0.2, 0.25) is 5.88 Å². The second-order valence-corrected chi connectivity index (χ2v) is 6.01. The summed E-state index contributed by atoms with van der Waals surface area (Å²) in [5.74, 6) is 1.53. The molecule has 3 aromatic rings. The Morgan fingerprint density at radius 2 is 1.90 bits per heavy atom. The highest BCUT2D eigenvalue weighted by Gasteiger charge is 2.10. The van der Waals surface area contributed by atoms with E-state index in [1.54, 1.807) is 18.2 Å². The Morgan fingerprint density at radius 3 is 2.67 bits per heavy atom. The summed E-state index contributed by atoms with van der Waals surface area (Å²) in [6, 6.07) is 15.2. The standard InChI is InChI=1S/C16H10BrCl2NO/c17-14-8-11(19)5-6-15(14)21-16-13-4-2-1-3-10(13)7-12(9-18)20-16/h1-8H,9H2. The first kappa shape index (κ1) is 14.6. The van der Waals surface area contributed by atoms with Crippen LogP contribution in [0.4, 0.5) is 0 Å². The molecular formula is C16H10BrCl2NO. The third-order valence-electron chi connectivity index (χ3n) is 3.00. The molecule has 0 unspecified atom stereocenters. The summed E-state index contributed by atoms with van der Waals surface area (Å²) in [5, 5.41) is 2.62. The molecule has 1 heterocycles. The summed E-state index contributed by atoms with van der Waals surface area (Å²) in [6.07, 6.45) is 0. The number of alkyl halides is 1. The molecule has 106 valence electrons. The third-order valence-corrected chi connectivity index (χ3v) is 4.12. The number of pyridine rings is 1. The molecule has 0 fully saturated rings. The molecular weight excluding hydrogens is 373 g/mol. The van der Waals surface area contributed by atoms with Gasteiger partial charge in [-0.1, -0.05) is 29.8 Å². The molecule has 0 aliphatic rings. The van der Waals surface area contributed by atoms with Crippen LogP contribution in [-0.2, 0) is 5.88 Å². The molecule has 5 heteroatoms. The van der Waals surface area contributed by atoms with Crippen LogP contribution in [0, 0.1) is 0 Å². The van der Waals surface area contributed by atoms with Crippen molar-refractivity contribution in [2.24, 2.45) is 0 Å². The molecule has 0 spiro atoms. The van der Waals surface area contributed by atoms with Crippen LogP contribution in [-0.4, -0.2) is 4.98 Å². The van der Waals surface area contributed by atoms with Crippen molar-refractivity contribution in [3.8, 4) is 11.6 Å². The Morgan fingerprint density at radius 1 is 1.10 bits per heavy atom. The lowest BCUT2D eigenvalue weighted by Crippen LogP contribution is -1.94. The summed E-state index contributed by atoms with van der Waals surface area (Å²) in [4.78, 5) is 4.47. The van der Waals surface area contributed by atoms with E-state index in [2.05, 4.69) is 20.9 Å². The number of hydrogen-bond acceptors (Lipinski definition) is 2. The summed E-state index contributed by atoms with van der Waals surface area (Å²) >= 11 is 15.3. The SMILES string of the molecule is ClCc1cc2ccccc2c(Oc2ccc(Cl)cc2Br)n1. The third kappa shape index (κ3) is 3.15. The monoisotopic (exact) mass is 381 g/mol. The highest BCUT2D eigenvalue weighted by molar-refractivity contribution is 9.10. The summed E-state index contributed by atoms with van der Waals surface area (Å²) in [7, 11) is 0. The summed E-state index contributed by atoms with van der Waals surface area (Å²) in [6.45, 7) is 0. The normalized spacial score (nSPS) is 10.8. The van der Waals surface area contributed by atoms with Gasteiger partial charge in [0.05, 0.1) is 16.0 Å². The first-order valence-corrected chi connectivity index (χ1v) is 7.95. The maximum absolute atomic E-state index is 5.94. The van der Waals surface area contributed by atoms with E-state index in [4.69, 9.17) is 27.9 Å². The van der Waals surface area contributed by atoms with E-state index < -0.39 is 0 Å². The zero-order valence-electron chi connectivity index (χ0n) is 10.8. The Kier molecular flexibility index (Phi) is 4.34. The second-order valence-electron chi connectivity index (χ2n) is 4.45. The molecule has 2 nitrogen and oxygen atoms in total. The average molecular weight is 383 g/mol. The van der Waals surface area contributed by atoms with Crippen molar-refractivity contribution in [2.45, 2.75) is 5.88 Å². The van der Waals surface area contributed by atoms with Crippen molar-refractivity contribution >= 4 is 49.9 Å². The molecule has 3 rings (SSSR count). The van der Waals surface area contributed by atoms with E-state index in [9.17, 15) is 0 Å². The molecule has 1 aromatic heterocycles. The maximum Gasteiger partial charge on any atom is 0.227 e. The number of halogens is 3. The van der Waals surface area contributed by atoms with Gasteiger partial charge in [0.25, 0.3) is 0 Å². The van der Waals surface area contributed by atoms with Crippen molar-refractivity contribution in [1.82, 2.24) is 4.98 Å². The molecule has 0 bridgehead atoms. The maximum atomic E-state index is 5.94. The lowest BCUT2D eigenvalue weighted by atomic mass is 10.1. The number of fused-ring (bicyclic) bond motifs is 1. The largest absolute Gasteiger partial charge is 0.437 e. The number of hydrogen-bond donors (Lipinski definition) is 0. The minimum absolute atomic E-state index is 0.336. The van der Waals surface area contributed by atoms with Gasteiger partial charge in [-0.25, -0.2) is 4.98 Å². The zero-order chi connectivity index (χ0) is 14.8. The minimum atomic E-state index is 0.336. The smallest absolute Gasteiger partial charge is 0.227 e. The van der Waals surface area contributed by atoms with Gasteiger partial charge in [-0.05, 0) is 51.6 Å². The molecule has 0 radical (unpaired) electrons. The highest BCUT2D eigenvalue weighted by atomic mass is 79.9. The Hall–Kier alpha value is -1.29. The van der Waals surface area contributed by atoms with Gasteiger partial charge in [-0.3, -0.25) is 0 Å². The van der Waals surface area contributed by atoms with Crippen molar-refractivity contribution in [3.05, 3.63) is 63.7 Å². The first-order chi connectivity index (χ1) is 10.2. The predicted octanol–water partition coefficient (Wildman–Crippen LogP) is 6.18. The van der Waals surface area contributed by atoms with Crippen LogP contribution in [0.2, 0.25) is 5.02 Å². The van der Waals surface area contributed by atoms with Gasteiger partial charge in [0.15, 0.2) is 0 Å². The average Bonchev–Trinajstić information content (AvgIpc) is 2.49. The number of benzene rings is 2. The topological polar surface area (TPSA) is 22.1 Å².